The fraction of sp³-hybridized carbons (Fsp3) is 0. The summed E-state index contributed by atoms with van der Waals surface area (Å²) in [5, 5.41) is 2.80. The molecule has 4 aromatic rings. The SMILES string of the molecule is O=C(Nc1ccccc1)c1cncc(-c2cnc(Cl)c(NS(=O)(=O)c3ccccc3)c2)c1. The number of nitrogens with zero attached hydrogens (tertiary/aromatic N) is 2. The third-order valence-electron chi connectivity index (χ3n) is 4.50. The summed E-state index contributed by atoms with van der Waals surface area (Å²) in [4.78, 5) is 20.9. The molecule has 2 aromatic heterocycles. The van der Waals surface area contributed by atoms with Crippen LogP contribution in [0.25, 0.3) is 11.1 Å². The smallest absolute Gasteiger partial charge is 0.261 e. The number of hydrogen-bond donors (Lipinski definition) is 2. The Labute approximate surface area is 190 Å². The van der Waals surface area contributed by atoms with Gasteiger partial charge < -0.3 is 5.32 Å². The number of para-hydroxylation sites is 1. The van der Waals surface area contributed by atoms with Crippen LogP contribution in [0, 0.1) is 0 Å². The second-order valence-electron chi connectivity index (χ2n) is 6.76. The van der Waals surface area contributed by atoms with E-state index in [1.54, 1.807) is 48.7 Å². The highest BCUT2D eigenvalue weighted by atomic mass is 35.5. The molecule has 1 amide bonds. The zero-order chi connectivity index (χ0) is 22.6. The largest absolute Gasteiger partial charge is 0.322 e. The molecule has 7 nitrogen and oxygen atoms in total. The molecule has 4 rings (SSSR count). The molecule has 0 saturated carbocycles. The van der Waals surface area contributed by atoms with Crippen molar-refractivity contribution in [3.05, 3.63) is 102 Å². The third kappa shape index (κ3) is 4.93. The molecule has 9 heteroatoms. The summed E-state index contributed by atoms with van der Waals surface area (Å²) in [5.41, 5.74) is 2.24. The van der Waals surface area contributed by atoms with Crippen LogP contribution < -0.4 is 10.0 Å². The quantitative estimate of drug-likeness (QED) is 0.397. The van der Waals surface area contributed by atoms with Crippen molar-refractivity contribution in [2.75, 3.05) is 10.0 Å². The predicted octanol–water partition coefficient (Wildman–Crippen LogP) is 4.85. The van der Waals surface area contributed by atoms with Gasteiger partial charge >= 0.3 is 0 Å². The second-order valence-corrected chi connectivity index (χ2v) is 8.80. The Kier molecular flexibility index (Phi) is 6.16. The van der Waals surface area contributed by atoms with Crippen LogP contribution in [0.3, 0.4) is 0 Å². The number of hydrogen-bond acceptors (Lipinski definition) is 5. The molecule has 0 fully saturated rings. The molecule has 32 heavy (non-hydrogen) atoms. The molecule has 0 saturated heterocycles. The van der Waals surface area contributed by atoms with Crippen molar-refractivity contribution in [3.63, 3.8) is 0 Å². The lowest BCUT2D eigenvalue weighted by Gasteiger charge is -2.11. The van der Waals surface area contributed by atoms with Crippen LogP contribution in [0.15, 0.2) is 96.3 Å². The third-order valence-corrected chi connectivity index (χ3v) is 6.18. The Balaban J connectivity index is 1.61. The van der Waals surface area contributed by atoms with Gasteiger partial charge in [-0.15, -0.1) is 0 Å². The average molecular weight is 465 g/mol. The number of carbonyl (C=O) groups is 1. The van der Waals surface area contributed by atoms with Gasteiger partial charge in [-0.1, -0.05) is 48.0 Å². The van der Waals surface area contributed by atoms with Gasteiger partial charge in [0.1, 0.15) is 0 Å². The first kappa shape index (κ1) is 21.5. The zero-order valence-electron chi connectivity index (χ0n) is 16.6. The maximum Gasteiger partial charge on any atom is 0.261 e. The van der Waals surface area contributed by atoms with E-state index in [1.807, 2.05) is 18.2 Å². The van der Waals surface area contributed by atoms with Gasteiger partial charge in [-0.25, -0.2) is 13.4 Å². The molecule has 2 N–H and O–H groups in total. The zero-order valence-corrected chi connectivity index (χ0v) is 18.1. The van der Waals surface area contributed by atoms with E-state index >= 15 is 0 Å². The topological polar surface area (TPSA) is 101 Å². The minimum absolute atomic E-state index is 0.000749. The van der Waals surface area contributed by atoms with Crippen molar-refractivity contribution >= 4 is 38.9 Å². The van der Waals surface area contributed by atoms with Crippen LogP contribution in [0.2, 0.25) is 5.15 Å². The average Bonchev–Trinajstić information content (AvgIpc) is 2.82. The first-order chi connectivity index (χ1) is 15.4. The number of sulfonamides is 1. The van der Waals surface area contributed by atoms with Crippen LogP contribution in [-0.4, -0.2) is 24.3 Å². The van der Waals surface area contributed by atoms with Crippen LogP contribution >= 0.6 is 11.6 Å². The molecule has 0 spiro atoms. The number of pyridine rings is 2. The molecule has 0 bridgehead atoms. The number of rotatable bonds is 6. The van der Waals surface area contributed by atoms with E-state index in [4.69, 9.17) is 11.6 Å². The highest BCUT2D eigenvalue weighted by Crippen LogP contribution is 2.28. The van der Waals surface area contributed by atoms with Crippen LogP contribution in [0.4, 0.5) is 11.4 Å². The van der Waals surface area contributed by atoms with Gasteiger partial charge in [0.2, 0.25) is 0 Å². The van der Waals surface area contributed by atoms with Crippen molar-refractivity contribution in [1.82, 2.24) is 9.97 Å². The fourth-order valence-electron chi connectivity index (χ4n) is 2.93. The van der Waals surface area contributed by atoms with Crippen LogP contribution in [0.1, 0.15) is 10.4 Å². The van der Waals surface area contributed by atoms with Crippen molar-refractivity contribution in [2.24, 2.45) is 0 Å². The molecule has 160 valence electrons. The van der Waals surface area contributed by atoms with Gasteiger partial charge in [-0.3, -0.25) is 14.5 Å². The molecule has 2 aromatic carbocycles. The number of carbonyl (C=O) groups excluding carboxylic acids is 1. The number of amides is 1. The Morgan fingerprint density at radius 3 is 2.22 bits per heavy atom. The second kappa shape index (κ2) is 9.17. The summed E-state index contributed by atoms with van der Waals surface area (Å²) in [6, 6.07) is 20.2. The lowest BCUT2D eigenvalue weighted by Crippen LogP contribution is -2.13. The number of aromatic nitrogens is 2. The van der Waals surface area contributed by atoms with E-state index in [2.05, 4.69) is 20.0 Å². The maximum absolute atomic E-state index is 12.7. The van der Waals surface area contributed by atoms with E-state index < -0.39 is 10.0 Å². The lowest BCUT2D eigenvalue weighted by molar-refractivity contribution is 0.102. The van der Waals surface area contributed by atoms with Crippen molar-refractivity contribution in [2.45, 2.75) is 4.90 Å². The summed E-state index contributed by atoms with van der Waals surface area (Å²) in [6.07, 6.45) is 4.49. The van der Waals surface area contributed by atoms with Gasteiger partial charge in [-0.2, -0.15) is 0 Å². The van der Waals surface area contributed by atoms with Crippen LogP contribution in [-0.2, 0) is 10.0 Å². The minimum atomic E-state index is -3.85. The van der Waals surface area contributed by atoms with Gasteiger partial charge in [0.05, 0.1) is 16.1 Å². The molecule has 0 aliphatic carbocycles. The standard InChI is InChI=1S/C23H17ClN4O3S/c24-22-21(28-32(30,31)20-9-5-2-6-10-20)12-17(15-26-22)16-11-18(14-25-13-16)23(29)27-19-7-3-1-4-8-19/h1-15,28H,(H,27,29). The fourth-order valence-corrected chi connectivity index (χ4v) is 4.21. The molecule has 0 unspecified atom stereocenters. The van der Waals surface area contributed by atoms with Crippen molar-refractivity contribution in [3.8, 4) is 11.1 Å². The molecule has 0 aliphatic heterocycles. The summed E-state index contributed by atoms with van der Waals surface area (Å²) >= 11 is 6.13. The number of anilines is 2. The van der Waals surface area contributed by atoms with Crippen molar-refractivity contribution < 1.29 is 13.2 Å². The minimum Gasteiger partial charge on any atom is -0.322 e. The van der Waals surface area contributed by atoms with E-state index in [-0.39, 0.29) is 21.6 Å². The number of benzene rings is 2. The predicted molar refractivity (Wildman–Crippen MR) is 124 cm³/mol. The summed E-state index contributed by atoms with van der Waals surface area (Å²) in [6.45, 7) is 0. The molecular weight excluding hydrogens is 448 g/mol. The highest BCUT2D eigenvalue weighted by Gasteiger charge is 2.17. The Bertz CT molecular complexity index is 1360. The van der Waals surface area contributed by atoms with E-state index in [1.165, 1.54) is 24.5 Å². The Morgan fingerprint density at radius 1 is 0.844 bits per heavy atom. The molecular formula is C23H17ClN4O3S. The summed E-state index contributed by atoms with van der Waals surface area (Å²) < 4.78 is 27.8. The number of halogens is 1. The van der Waals surface area contributed by atoms with Crippen LogP contribution in [0.5, 0.6) is 0 Å². The van der Waals surface area contributed by atoms with E-state index in [0.29, 0.717) is 22.4 Å². The van der Waals surface area contributed by atoms with E-state index in [0.717, 1.165) is 0 Å². The van der Waals surface area contributed by atoms with Gasteiger partial charge in [0, 0.05) is 35.4 Å². The Hall–Kier alpha value is -3.75. The normalized spacial score (nSPS) is 11.0. The molecule has 0 atom stereocenters. The highest BCUT2D eigenvalue weighted by molar-refractivity contribution is 7.92. The monoisotopic (exact) mass is 464 g/mol. The first-order valence-electron chi connectivity index (χ1n) is 9.47. The first-order valence-corrected chi connectivity index (χ1v) is 11.3. The van der Waals surface area contributed by atoms with Gasteiger partial charge in [-0.05, 0) is 36.4 Å². The summed E-state index contributed by atoms with van der Waals surface area (Å²) in [7, 11) is -3.85. The van der Waals surface area contributed by atoms with E-state index in [9.17, 15) is 13.2 Å². The molecule has 0 radical (unpaired) electrons. The molecule has 0 aliphatic rings. The Morgan fingerprint density at radius 2 is 1.50 bits per heavy atom. The van der Waals surface area contributed by atoms with Gasteiger partial charge in [0.25, 0.3) is 15.9 Å². The molecule has 2 heterocycles. The summed E-state index contributed by atoms with van der Waals surface area (Å²) in [5.74, 6) is -0.322. The van der Waals surface area contributed by atoms with Crippen molar-refractivity contribution in [1.29, 1.82) is 0 Å². The van der Waals surface area contributed by atoms with Gasteiger partial charge in [0.15, 0.2) is 5.15 Å². The maximum atomic E-state index is 12.7. The lowest BCUT2D eigenvalue weighted by atomic mass is 10.1. The number of nitrogens with one attached hydrogen (secondary N) is 2.